The minimum absolute atomic E-state index is 0.00713. The number of hydrogen-bond acceptors (Lipinski definition) is 2. The summed E-state index contributed by atoms with van der Waals surface area (Å²) in [6.07, 6.45) is 1.46. The van der Waals surface area contributed by atoms with Crippen molar-refractivity contribution in [3.05, 3.63) is 20.8 Å². The molecule has 0 aromatic heterocycles. The van der Waals surface area contributed by atoms with Crippen LogP contribution in [-0.2, 0) is 9.59 Å². The second-order valence-corrected chi connectivity index (χ2v) is 4.47. The molecule has 0 heterocycles. The molecule has 1 rings (SSSR count). The van der Waals surface area contributed by atoms with Crippen molar-refractivity contribution in [3.63, 3.8) is 0 Å². The third kappa shape index (κ3) is 1.90. The quantitative estimate of drug-likeness (QED) is 0.549. The third-order valence-corrected chi connectivity index (χ3v) is 3.37. The lowest BCUT2D eigenvalue weighted by atomic mass is 9.91. The minimum atomic E-state index is -0.0345. The predicted octanol–water partition coefficient (Wildman–Crippen LogP) is 2.43. The van der Waals surface area contributed by atoms with Gasteiger partial charge < -0.3 is 0 Å². The number of allylic oxidation sites excluding steroid dienone is 4. The van der Waals surface area contributed by atoms with E-state index in [1.165, 1.54) is 6.08 Å². The number of rotatable bonds is 1. The molecule has 1 aliphatic rings. The number of ketones is 2. The Bertz CT molecular complexity index is 335. The molecule has 0 atom stereocenters. The molecule has 0 saturated heterocycles. The van der Waals surface area contributed by atoms with Crippen LogP contribution in [0.3, 0.4) is 0 Å². The summed E-state index contributed by atoms with van der Waals surface area (Å²) in [4.78, 5) is 23.0. The maximum absolute atomic E-state index is 11.6. The number of carbonyl (C=O) groups is 2. The van der Waals surface area contributed by atoms with Gasteiger partial charge in [0.05, 0.1) is 3.58 Å². The van der Waals surface area contributed by atoms with Crippen LogP contribution in [0.15, 0.2) is 20.8 Å². The largest absolute Gasteiger partial charge is 0.290 e. The molecule has 0 amide bonds. The lowest BCUT2D eigenvalue weighted by molar-refractivity contribution is -0.115. The molecule has 3 heteroatoms. The zero-order valence-corrected chi connectivity index (χ0v) is 10.0. The maximum Gasteiger partial charge on any atom is 0.195 e. The van der Waals surface area contributed by atoms with Crippen LogP contribution in [0.25, 0.3) is 0 Å². The zero-order chi connectivity index (χ0) is 10.2. The van der Waals surface area contributed by atoms with Crippen molar-refractivity contribution in [2.75, 3.05) is 0 Å². The third-order valence-electron chi connectivity index (χ3n) is 2.07. The fraction of sp³-hybridized carbons (Fsp3) is 0.400. The highest BCUT2D eigenvalue weighted by atomic mass is 127. The Morgan fingerprint density at radius 1 is 1.31 bits per heavy atom. The van der Waals surface area contributed by atoms with Crippen LogP contribution in [0.4, 0.5) is 0 Å². The van der Waals surface area contributed by atoms with E-state index in [0.29, 0.717) is 14.7 Å². The molecule has 0 spiro atoms. The molecule has 2 nitrogen and oxygen atoms in total. The van der Waals surface area contributed by atoms with Crippen LogP contribution in [0, 0.1) is 5.92 Å². The van der Waals surface area contributed by atoms with Gasteiger partial charge in [-0.25, -0.2) is 0 Å². The molecule has 0 bridgehead atoms. The van der Waals surface area contributed by atoms with Crippen molar-refractivity contribution in [1.82, 2.24) is 0 Å². The van der Waals surface area contributed by atoms with E-state index in [2.05, 4.69) is 0 Å². The standard InChI is InChI=1S/C10H11IO2/c1-5(2)7-4-8(12)6(3)9(11)10(7)13/h4-5H,1-3H3. The molecule has 0 aliphatic heterocycles. The molecule has 0 aromatic carbocycles. The molecule has 0 N–H and O–H groups in total. The molecular formula is C10H11IO2. The van der Waals surface area contributed by atoms with E-state index in [1.54, 1.807) is 6.92 Å². The molecule has 13 heavy (non-hydrogen) atoms. The number of halogens is 1. The van der Waals surface area contributed by atoms with Gasteiger partial charge in [-0.1, -0.05) is 13.8 Å². The van der Waals surface area contributed by atoms with Gasteiger partial charge in [0.15, 0.2) is 11.6 Å². The van der Waals surface area contributed by atoms with Crippen LogP contribution < -0.4 is 0 Å². The maximum atomic E-state index is 11.6. The van der Waals surface area contributed by atoms with E-state index in [-0.39, 0.29) is 17.5 Å². The second-order valence-electron chi connectivity index (χ2n) is 3.39. The second kappa shape index (κ2) is 3.74. The summed E-state index contributed by atoms with van der Waals surface area (Å²) in [5.41, 5.74) is 1.19. The first-order valence-electron chi connectivity index (χ1n) is 4.12. The van der Waals surface area contributed by atoms with Crippen LogP contribution in [0.2, 0.25) is 0 Å². The summed E-state index contributed by atoms with van der Waals surface area (Å²) in [5.74, 6) is 0.0923. The van der Waals surface area contributed by atoms with E-state index >= 15 is 0 Å². The van der Waals surface area contributed by atoms with Gasteiger partial charge in [0.1, 0.15) is 0 Å². The first kappa shape index (κ1) is 10.6. The van der Waals surface area contributed by atoms with E-state index in [1.807, 2.05) is 36.4 Å². The van der Waals surface area contributed by atoms with Crippen molar-refractivity contribution < 1.29 is 9.59 Å². The van der Waals surface area contributed by atoms with Crippen molar-refractivity contribution in [2.45, 2.75) is 20.8 Å². The van der Waals surface area contributed by atoms with Crippen molar-refractivity contribution >= 4 is 34.2 Å². The van der Waals surface area contributed by atoms with Crippen LogP contribution in [0.1, 0.15) is 20.8 Å². The Kier molecular flexibility index (Phi) is 3.05. The Morgan fingerprint density at radius 3 is 2.31 bits per heavy atom. The molecular weight excluding hydrogens is 279 g/mol. The van der Waals surface area contributed by atoms with Gasteiger partial charge in [-0.15, -0.1) is 0 Å². The fourth-order valence-electron chi connectivity index (χ4n) is 1.15. The first-order chi connectivity index (χ1) is 5.95. The SMILES string of the molecule is CC1=C(I)C(=O)C(C(C)C)=CC1=O. The predicted molar refractivity (Wildman–Crippen MR) is 59.7 cm³/mol. The zero-order valence-electron chi connectivity index (χ0n) is 7.85. The van der Waals surface area contributed by atoms with Gasteiger partial charge in [-0.05, 0) is 41.5 Å². The highest BCUT2D eigenvalue weighted by Crippen LogP contribution is 2.27. The molecule has 0 aromatic rings. The molecule has 1 aliphatic carbocycles. The summed E-state index contributed by atoms with van der Waals surface area (Å²) in [6, 6.07) is 0. The van der Waals surface area contributed by atoms with Crippen LogP contribution in [-0.4, -0.2) is 11.6 Å². The highest BCUT2D eigenvalue weighted by molar-refractivity contribution is 14.1. The van der Waals surface area contributed by atoms with Crippen molar-refractivity contribution in [1.29, 1.82) is 0 Å². The summed E-state index contributed by atoms with van der Waals surface area (Å²) in [5, 5.41) is 0. The average molecular weight is 290 g/mol. The van der Waals surface area contributed by atoms with Gasteiger partial charge in [-0.3, -0.25) is 9.59 Å². The van der Waals surface area contributed by atoms with Gasteiger partial charge >= 0.3 is 0 Å². The summed E-state index contributed by atoms with van der Waals surface area (Å²) in [7, 11) is 0. The smallest absolute Gasteiger partial charge is 0.195 e. The van der Waals surface area contributed by atoms with E-state index in [4.69, 9.17) is 0 Å². The lowest BCUT2D eigenvalue weighted by Crippen LogP contribution is -2.18. The van der Waals surface area contributed by atoms with E-state index in [0.717, 1.165) is 0 Å². The molecule has 0 fully saturated rings. The van der Waals surface area contributed by atoms with Gasteiger partial charge in [0.2, 0.25) is 0 Å². The lowest BCUT2D eigenvalue weighted by Gasteiger charge is -2.15. The molecule has 0 radical (unpaired) electrons. The van der Waals surface area contributed by atoms with Crippen LogP contribution >= 0.6 is 22.6 Å². The Morgan fingerprint density at radius 2 is 1.85 bits per heavy atom. The van der Waals surface area contributed by atoms with Gasteiger partial charge in [0.25, 0.3) is 0 Å². The minimum Gasteiger partial charge on any atom is -0.290 e. The Labute approximate surface area is 91.2 Å². The van der Waals surface area contributed by atoms with E-state index in [9.17, 15) is 9.59 Å². The summed E-state index contributed by atoms with van der Waals surface area (Å²) in [6.45, 7) is 5.53. The average Bonchev–Trinajstić information content (AvgIpc) is 2.07. The number of carbonyl (C=O) groups excluding carboxylic acids is 2. The van der Waals surface area contributed by atoms with Crippen molar-refractivity contribution in [3.8, 4) is 0 Å². The van der Waals surface area contributed by atoms with Gasteiger partial charge in [0, 0.05) is 11.1 Å². The van der Waals surface area contributed by atoms with Crippen LogP contribution in [0.5, 0.6) is 0 Å². The fourth-order valence-corrected chi connectivity index (χ4v) is 1.73. The molecule has 0 unspecified atom stereocenters. The summed E-state index contributed by atoms with van der Waals surface area (Å²) >= 11 is 1.94. The van der Waals surface area contributed by atoms with E-state index < -0.39 is 0 Å². The summed E-state index contributed by atoms with van der Waals surface area (Å²) < 4.78 is 0.564. The molecule has 0 saturated carbocycles. The molecule has 70 valence electrons. The number of Topliss-reactive ketones (excluding diaryl/α,β-unsaturated/α-hetero) is 1. The Hall–Kier alpha value is -0.450. The normalized spacial score (nSPS) is 18.4. The first-order valence-corrected chi connectivity index (χ1v) is 5.20. The van der Waals surface area contributed by atoms with Crippen molar-refractivity contribution in [2.24, 2.45) is 5.92 Å². The number of hydrogen-bond donors (Lipinski definition) is 0. The van der Waals surface area contributed by atoms with Gasteiger partial charge in [-0.2, -0.15) is 0 Å². The topological polar surface area (TPSA) is 34.1 Å². The highest BCUT2D eigenvalue weighted by Gasteiger charge is 2.25. The Balaban J connectivity index is 3.15. The monoisotopic (exact) mass is 290 g/mol.